The van der Waals surface area contributed by atoms with E-state index in [1.54, 1.807) is 42.2 Å². The Bertz CT molecular complexity index is 1010. The summed E-state index contributed by atoms with van der Waals surface area (Å²) in [4.78, 5) is 25.4. The van der Waals surface area contributed by atoms with E-state index in [1.807, 2.05) is 34.9 Å². The number of carbonyl (C=O) groups is 1. The van der Waals surface area contributed by atoms with Gasteiger partial charge < -0.3 is 9.64 Å². The molecule has 0 radical (unpaired) electrons. The van der Waals surface area contributed by atoms with E-state index in [4.69, 9.17) is 4.74 Å². The van der Waals surface area contributed by atoms with Crippen molar-refractivity contribution < 1.29 is 17.9 Å². The van der Waals surface area contributed by atoms with Gasteiger partial charge in [0.25, 0.3) is 0 Å². The first-order chi connectivity index (χ1) is 15.8. The largest absolute Gasteiger partial charge is 0.462 e. The lowest BCUT2D eigenvalue weighted by molar-refractivity contribution is 0.0526. The summed E-state index contributed by atoms with van der Waals surface area (Å²) >= 11 is 0. The predicted molar refractivity (Wildman–Crippen MR) is 129 cm³/mol. The van der Waals surface area contributed by atoms with Gasteiger partial charge in [0.1, 0.15) is 17.2 Å². The lowest BCUT2D eigenvalue weighted by Crippen LogP contribution is -2.49. The fourth-order valence-electron chi connectivity index (χ4n) is 3.52. The van der Waals surface area contributed by atoms with Gasteiger partial charge in [-0.3, -0.25) is 4.90 Å². The summed E-state index contributed by atoms with van der Waals surface area (Å²) in [6.45, 7) is 9.93. The van der Waals surface area contributed by atoms with Gasteiger partial charge in [-0.15, -0.1) is 0 Å². The highest BCUT2D eigenvalue weighted by Gasteiger charge is 2.31. The lowest BCUT2D eigenvalue weighted by atomic mass is 10.2. The molecular weight excluding hydrogens is 442 g/mol. The van der Waals surface area contributed by atoms with E-state index in [-0.39, 0.29) is 12.6 Å². The van der Waals surface area contributed by atoms with E-state index in [1.165, 1.54) is 10.5 Å². The SMILES string of the molecule is CC.CCOC(=O)c1cnc(C(C)N2CCN(S(=O)(=O)c3ccccc3)CC2)nc1N(C)C. The highest BCUT2D eigenvalue weighted by Crippen LogP contribution is 2.25. The topological polar surface area (TPSA) is 95.9 Å². The smallest absolute Gasteiger partial charge is 0.343 e. The Morgan fingerprint density at radius 3 is 2.27 bits per heavy atom. The maximum atomic E-state index is 12.8. The summed E-state index contributed by atoms with van der Waals surface area (Å²) < 4.78 is 32.3. The third-order valence-corrected chi connectivity index (χ3v) is 7.19. The molecule has 1 aromatic heterocycles. The van der Waals surface area contributed by atoms with Crippen LogP contribution in [-0.2, 0) is 14.8 Å². The van der Waals surface area contributed by atoms with E-state index >= 15 is 0 Å². The summed E-state index contributed by atoms with van der Waals surface area (Å²) in [5, 5.41) is 0. The number of sulfonamides is 1. The number of hydrogen-bond acceptors (Lipinski definition) is 8. The van der Waals surface area contributed by atoms with Gasteiger partial charge in [-0.05, 0) is 26.0 Å². The molecule has 1 saturated heterocycles. The van der Waals surface area contributed by atoms with Crippen LogP contribution in [0, 0.1) is 0 Å². The van der Waals surface area contributed by atoms with Crippen LogP contribution in [0.15, 0.2) is 41.4 Å². The summed E-state index contributed by atoms with van der Waals surface area (Å²) in [6.07, 6.45) is 1.50. The summed E-state index contributed by atoms with van der Waals surface area (Å²) in [7, 11) is 0.127. The molecular formula is C23H35N5O4S. The van der Waals surface area contributed by atoms with E-state index in [9.17, 15) is 13.2 Å². The van der Waals surface area contributed by atoms with Crippen LogP contribution in [0.25, 0.3) is 0 Å². The maximum Gasteiger partial charge on any atom is 0.343 e. The van der Waals surface area contributed by atoms with Crippen molar-refractivity contribution in [1.29, 1.82) is 0 Å². The molecule has 1 aliphatic rings. The van der Waals surface area contributed by atoms with Crippen molar-refractivity contribution in [2.75, 3.05) is 51.8 Å². The van der Waals surface area contributed by atoms with Crippen LogP contribution in [0.3, 0.4) is 0 Å². The van der Waals surface area contributed by atoms with Gasteiger partial charge >= 0.3 is 5.97 Å². The highest BCUT2D eigenvalue weighted by molar-refractivity contribution is 7.89. The second-order valence-electron chi connectivity index (χ2n) is 7.51. The number of nitrogens with zero attached hydrogens (tertiary/aromatic N) is 5. The van der Waals surface area contributed by atoms with Gasteiger partial charge in [-0.25, -0.2) is 23.2 Å². The van der Waals surface area contributed by atoms with Crippen LogP contribution in [0.1, 0.15) is 49.9 Å². The van der Waals surface area contributed by atoms with Crippen LogP contribution in [0.2, 0.25) is 0 Å². The highest BCUT2D eigenvalue weighted by atomic mass is 32.2. The van der Waals surface area contributed by atoms with Crippen molar-refractivity contribution in [2.45, 2.75) is 38.6 Å². The molecule has 1 fully saturated rings. The number of aromatic nitrogens is 2. The van der Waals surface area contributed by atoms with E-state index < -0.39 is 16.0 Å². The Morgan fingerprint density at radius 2 is 1.73 bits per heavy atom. The third kappa shape index (κ3) is 6.27. The lowest BCUT2D eigenvalue weighted by Gasteiger charge is -2.37. The third-order valence-electron chi connectivity index (χ3n) is 5.28. The molecule has 182 valence electrons. The second kappa shape index (κ2) is 12.1. The average molecular weight is 478 g/mol. The van der Waals surface area contributed by atoms with Crippen molar-refractivity contribution in [3.8, 4) is 0 Å². The van der Waals surface area contributed by atoms with Crippen molar-refractivity contribution in [2.24, 2.45) is 0 Å². The molecule has 0 N–H and O–H groups in total. The molecule has 33 heavy (non-hydrogen) atoms. The number of rotatable bonds is 7. The fourth-order valence-corrected chi connectivity index (χ4v) is 4.96. The van der Waals surface area contributed by atoms with Gasteiger partial charge in [-0.2, -0.15) is 4.31 Å². The van der Waals surface area contributed by atoms with Gasteiger partial charge in [0.15, 0.2) is 0 Å². The molecule has 1 unspecified atom stereocenters. The Hall–Kier alpha value is -2.56. The molecule has 2 aromatic rings. The first-order valence-corrected chi connectivity index (χ1v) is 12.7. The molecule has 2 heterocycles. The number of carbonyl (C=O) groups excluding carboxylic acids is 1. The number of benzene rings is 1. The molecule has 0 spiro atoms. The molecule has 1 atom stereocenters. The van der Waals surface area contributed by atoms with Crippen LogP contribution < -0.4 is 4.90 Å². The number of piperazine rings is 1. The maximum absolute atomic E-state index is 12.8. The average Bonchev–Trinajstić information content (AvgIpc) is 2.85. The van der Waals surface area contributed by atoms with Gasteiger partial charge in [0.2, 0.25) is 10.0 Å². The quantitative estimate of drug-likeness (QED) is 0.562. The van der Waals surface area contributed by atoms with E-state index in [0.717, 1.165) is 0 Å². The number of esters is 1. The molecule has 0 bridgehead atoms. The first-order valence-electron chi connectivity index (χ1n) is 11.3. The van der Waals surface area contributed by atoms with Crippen molar-refractivity contribution in [3.05, 3.63) is 47.9 Å². The molecule has 10 heteroatoms. The van der Waals surface area contributed by atoms with Crippen molar-refractivity contribution in [1.82, 2.24) is 19.2 Å². The Morgan fingerprint density at radius 1 is 1.12 bits per heavy atom. The molecule has 9 nitrogen and oxygen atoms in total. The Kier molecular flexibility index (Phi) is 9.75. The monoisotopic (exact) mass is 477 g/mol. The molecule has 1 aromatic carbocycles. The normalized spacial score (nSPS) is 15.8. The summed E-state index contributed by atoms with van der Waals surface area (Å²) in [5.41, 5.74) is 0.321. The standard InChI is InChI=1S/C21H29N5O4S.C2H6/c1-5-30-21(27)18-15-22-19(23-20(18)24(3)4)16(2)25-11-13-26(14-12-25)31(28,29)17-9-7-6-8-10-17;1-2/h6-10,15-16H,5,11-14H2,1-4H3;1-2H3. The number of ether oxygens (including phenoxy) is 1. The van der Waals surface area contributed by atoms with Crippen molar-refractivity contribution in [3.63, 3.8) is 0 Å². The minimum Gasteiger partial charge on any atom is -0.462 e. The number of hydrogen-bond donors (Lipinski definition) is 0. The first kappa shape index (κ1) is 26.7. The minimum atomic E-state index is -3.50. The van der Waals surface area contributed by atoms with Crippen LogP contribution >= 0.6 is 0 Å². The summed E-state index contributed by atoms with van der Waals surface area (Å²) in [6, 6.07) is 8.36. The van der Waals surface area contributed by atoms with E-state index in [0.29, 0.717) is 48.3 Å². The second-order valence-corrected chi connectivity index (χ2v) is 9.45. The van der Waals surface area contributed by atoms with E-state index in [2.05, 4.69) is 14.9 Å². The van der Waals surface area contributed by atoms with Crippen molar-refractivity contribution >= 4 is 21.8 Å². The molecule has 1 aliphatic heterocycles. The minimum absolute atomic E-state index is 0.128. The van der Waals surface area contributed by atoms with Gasteiger partial charge in [0.05, 0.1) is 17.5 Å². The van der Waals surface area contributed by atoms with Gasteiger partial charge in [-0.1, -0.05) is 32.0 Å². The zero-order valence-electron chi connectivity index (χ0n) is 20.4. The zero-order valence-corrected chi connectivity index (χ0v) is 21.2. The van der Waals surface area contributed by atoms with Crippen LogP contribution in [0.5, 0.6) is 0 Å². The van der Waals surface area contributed by atoms with Crippen LogP contribution in [-0.4, -0.2) is 80.4 Å². The Balaban J connectivity index is 0.00000187. The fraction of sp³-hybridized carbons (Fsp3) is 0.522. The molecule has 0 saturated carbocycles. The molecule has 0 aliphatic carbocycles. The predicted octanol–water partition coefficient (Wildman–Crippen LogP) is 2.81. The molecule has 0 amide bonds. The summed E-state index contributed by atoms with van der Waals surface area (Å²) in [5.74, 6) is 0.627. The zero-order chi connectivity index (χ0) is 24.6. The molecule has 3 rings (SSSR count). The Labute approximate surface area is 197 Å². The van der Waals surface area contributed by atoms with Crippen LogP contribution in [0.4, 0.5) is 5.82 Å². The van der Waals surface area contributed by atoms with Gasteiger partial charge in [0, 0.05) is 46.5 Å². The number of anilines is 1.